The van der Waals surface area contributed by atoms with Crippen molar-refractivity contribution >= 4 is 17.7 Å². The number of aryl methyl sites for hydroxylation is 2. The number of hydrogen-bond donors (Lipinski definition) is 2. The highest BCUT2D eigenvalue weighted by Crippen LogP contribution is 2.18. The summed E-state index contributed by atoms with van der Waals surface area (Å²) in [5, 5.41) is 11.8. The summed E-state index contributed by atoms with van der Waals surface area (Å²) in [6.07, 6.45) is 0.685. The van der Waals surface area contributed by atoms with Gasteiger partial charge in [0.25, 0.3) is 0 Å². The van der Waals surface area contributed by atoms with Gasteiger partial charge in [0, 0.05) is 12.7 Å². The van der Waals surface area contributed by atoms with Gasteiger partial charge in [0.05, 0.1) is 0 Å². The molecule has 0 aliphatic rings. The molecule has 0 aliphatic carbocycles. The molecule has 0 fully saturated rings. The molecule has 0 saturated carbocycles. The molecule has 5 heteroatoms. The van der Waals surface area contributed by atoms with Crippen molar-refractivity contribution < 1.29 is 14.7 Å². The van der Waals surface area contributed by atoms with Crippen molar-refractivity contribution in [1.29, 1.82) is 0 Å². The van der Waals surface area contributed by atoms with Gasteiger partial charge in [-0.1, -0.05) is 26.3 Å². The van der Waals surface area contributed by atoms with Crippen molar-refractivity contribution in [3.8, 4) is 0 Å². The Morgan fingerprint density at radius 3 is 2.19 bits per heavy atom. The molecule has 1 aromatic carbocycles. The predicted molar refractivity (Wildman–Crippen MR) is 83.7 cm³/mol. The van der Waals surface area contributed by atoms with Crippen LogP contribution in [-0.4, -0.2) is 30.2 Å². The molecule has 116 valence electrons. The summed E-state index contributed by atoms with van der Waals surface area (Å²) in [5.74, 6) is -1.13. The van der Waals surface area contributed by atoms with Gasteiger partial charge in [-0.15, -0.1) is 0 Å². The van der Waals surface area contributed by atoms with Crippen LogP contribution in [-0.2, 0) is 4.79 Å². The first kappa shape index (κ1) is 17.0. The maximum atomic E-state index is 12.3. The number of carbonyl (C=O) groups is 2. The number of carboxylic acid groups (broad SMARTS) is 1. The summed E-state index contributed by atoms with van der Waals surface area (Å²) in [7, 11) is 1.64. The minimum atomic E-state index is -1.01. The third-order valence-electron chi connectivity index (χ3n) is 3.66. The highest BCUT2D eigenvalue weighted by atomic mass is 16.4. The van der Waals surface area contributed by atoms with E-state index in [1.165, 1.54) is 4.90 Å². The van der Waals surface area contributed by atoms with Crippen molar-refractivity contribution in [2.24, 2.45) is 5.92 Å². The Balaban J connectivity index is 2.89. The molecule has 2 N–H and O–H groups in total. The predicted octanol–water partition coefficient (Wildman–Crippen LogP) is 2.95. The average Bonchev–Trinajstić information content (AvgIpc) is 2.41. The molecule has 1 aromatic rings. The number of rotatable bonds is 5. The number of urea groups is 1. The van der Waals surface area contributed by atoms with Crippen molar-refractivity contribution in [3.63, 3.8) is 0 Å². The molecule has 0 aromatic heterocycles. The van der Waals surface area contributed by atoms with Crippen LogP contribution in [0, 0.1) is 19.8 Å². The Bertz CT molecular complexity index is 508. The Hall–Kier alpha value is -2.04. The topological polar surface area (TPSA) is 69.6 Å². The number of nitrogens with one attached hydrogen (secondary N) is 1. The number of anilines is 1. The fraction of sp³-hybridized carbons (Fsp3) is 0.500. The first-order chi connectivity index (χ1) is 9.76. The molecule has 0 bridgehead atoms. The van der Waals surface area contributed by atoms with Crippen LogP contribution < -0.4 is 10.2 Å². The molecule has 0 saturated heterocycles. The zero-order valence-electron chi connectivity index (χ0n) is 13.3. The molecular weight excluding hydrogens is 268 g/mol. The number of nitrogens with zero attached hydrogens (tertiary/aromatic N) is 1. The SMILES string of the molecule is CCC(C)C(NC(=O)N(C)c1cc(C)cc(C)c1)C(=O)O. The van der Waals surface area contributed by atoms with E-state index < -0.39 is 18.0 Å². The number of amides is 2. The van der Waals surface area contributed by atoms with Gasteiger partial charge in [0.1, 0.15) is 6.04 Å². The number of benzene rings is 1. The van der Waals surface area contributed by atoms with E-state index >= 15 is 0 Å². The van der Waals surface area contributed by atoms with Gasteiger partial charge in [0.2, 0.25) is 0 Å². The number of aliphatic carboxylic acids is 1. The molecular formula is C16H24N2O3. The lowest BCUT2D eigenvalue weighted by Gasteiger charge is -2.25. The van der Waals surface area contributed by atoms with E-state index in [4.69, 9.17) is 0 Å². The van der Waals surface area contributed by atoms with E-state index in [-0.39, 0.29) is 5.92 Å². The molecule has 1 rings (SSSR count). The molecule has 2 atom stereocenters. The summed E-state index contributed by atoms with van der Waals surface area (Å²) in [6, 6.07) is 4.52. The van der Waals surface area contributed by atoms with E-state index in [0.717, 1.165) is 16.8 Å². The van der Waals surface area contributed by atoms with Gasteiger partial charge >= 0.3 is 12.0 Å². The summed E-state index contributed by atoms with van der Waals surface area (Å²) in [5.41, 5.74) is 2.86. The van der Waals surface area contributed by atoms with Crippen molar-refractivity contribution in [2.75, 3.05) is 11.9 Å². The third-order valence-corrected chi connectivity index (χ3v) is 3.66. The molecule has 2 amide bonds. The van der Waals surface area contributed by atoms with Crippen molar-refractivity contribution in [2.45, 2.75) is 40.2 Å². The second-order valence-corrected chi connectivity index (χ2v) is 5.56. The summed E-state index contributed by atoms with van der Waals surface area (Å²) < 4.78 is 0. The van der Waals surface area contributed by atoms with E-state index in [9.17, 15) is 14.7 Å². The normalized spacial score (nSPS) is 13.4. The first-order valence-electron chi connectivity index (χ1n) is 7.11. The molecule has 5 nitrogen and oxygen atoms in total. The number of hydrogen-bond acceptors (Lipinski definition) is 2. The van der Waals surface area contributed by atoms with Crippen LogP contribution in [0.5, 0.6) is 0 Å². The fourth-order valence-corrected chi connectivity index (χ4v) is 2.17. The minimum Gasteiger partial charge on any atom is -0.480 e. The van der Waals surface area contributed by atoms with Gasteiger partial charge in [-0.3, -0.25) is 4.90 Å². The van der Waals surface area contributed by atoms with Gasteiger partial charge < -0.3 is 10.4 Å². The van der Waals surface area contributed by atoms with E-state index in [1.807, 2.05) is 45.9 Å². The maximum Gasteiger partial charge on any atom is 0.326 e. The van der Waals surface area contributed by atoms with Crippen LogP contribution in [0.25, 0.3) is 0 Å². The first-order valence-corrected chi connectivity index (χ1v) is 7.11. The second-order valence-electron chi connectivity index (χ2n) is 5.56. The van der Waals surface area contributed by atoms with E-state index in [0.29, 0.717) is 6.42 Å². The van der Waals surface area contributed by atoms with Gasteiger partial charge in [0.15, 0.2) is 0 Å². The molecule has 21 heavy (non-hydrogen) atoms. The van der Waals surface area contributed by atoms with Crippen molar-refractivity contribution in [3.05, 3.63) is 29.3 Å². The summed E-state index contributed by atoms with van der Waals surface area (Å²) >= 11 is 0. The second kappa shape index (κ2) is 7.11. The molecule has 0 aliphatic heterocycles. The summed E-state index contributed by atoms with van der Waals surface area (Å²) in [6.45, 7) is 7.64. The van der Waals surface area contributed by atoms with Gasteiger partial charge in [-0.25, -0.2) is 9.59 Å². The molecule has 0 heterocycles. The van der Waals surface area contributed by atoms with Crippen LogP contribution in [0.3, 0.4) is 0 Å². The number of carbonyl (C=O) groups excluding carboxylic acids is 1. The van der Waals surface area contributed by atoms with Crippen LogP contribution >= 0.6 is 0 Å². The van der Waals surface area contributed by atoms with E-state index in [1.54, 1.807) is 7.05 Å². The Morgan fingerprint density at radius 1 is 1.24 bits per heavy atom. The van der Waals surface area contributed by atoms with Gasteiger partial charge in [-0.2, -0.15) is 0 Å². The standard InChI is InChI=1S/C16H24N2O3/c1-6-12(4)14(15(19)20)17-16(21)18(5)13-8-10(2)7-11(3)9-13/h7-9,12,14H,6H2,1-5H3,(H,17,21)(H,19,20). The highest BCUT2D eigenvalue weighted by molar-refractivity contribution is 5.94. The zero-order chi connectivity index (χ0) is 16.2. The third kappa shape index (κ3) is 4.48. The zero-order valence-corrected chi connectivity index (χ0v) is 13.3. The lowest BCUT2D eigenvalue weighted by molar-refractivity contribution is -0.140. The molecule has 2 unspecified atom stereocenters. The highest BCUT2D eigenvalue weighted by Gasteiger charge is 2.26. The van der Waals surface area contributed by atoms with Crippen LogP contribution in [0.1, 0.15) is 31.4 Å². The monoisotopic (exact) mass is 292 g/mol. The lowest BCUT2D eigenvalue weighted by atomic mass is 9.99. The minimum absolute atomic E-state index is 0.126. The summed E-state index contributed by atoms with van der Waals surface area (Å²) in [4.78, 5) is 25.0. The number of carboxylic acids is 1. The average molecular weight is 292 g/mol. The van der Waals surface area contributed by atoms with Crippen LogP contribution in [0.2, 0.25) is 0 Å². The van der Waals surface area contributed by atoms with Crippen molar-refractivity contribution in [1.82, 2.24) is 5.32 Å². The quantitative estimate of drug-likeness (QED) is 0.876. The Kier molecular flexibility index (Phi) is 5.76. The van der Waals surface area contributed by atoms with Crippen LogP contribution in [0.4, 0.5) is 10.5 Å². The lowest BCUT2D eigenvalue weighted by Crippen LogP contribution is -2.49. The fourth-order valence-electron chi connectivity index (χ4n) is 2.17. The molecule has 0 spiro atoms. The largest absolute Gasteiger partial charge is 0.480 e. The Morgan fingerprint density at radius 2 is 1.76 bits per heavy atom. The Labute approximate surface area is 126 Å². The van der Waals surface area contributed by atoms with Crippen LogP contribution in [0.15, 0.2) is 18.2 Å². The molecule has 0 radical (unpaired) electrons. The maximum absolute atomic E-state index is 12.3. The van der Waals surface area contributed by atoms with Gasteiger partial charge in [-0.05, 0) is 43.0 Å². The smallest absolute Gasteiger partial charge is 0.326 e. The van der Waals surface area contributed by atoms with E-state index in [2.05, 4.69) is 5.32 Å².